The smallest absolute Gasteiger partial charge is 0.320 e. The van der Waals surface area contributed by atoms with Crippen molar-refractivity contribution >= 4 is 17.8 Å². The van der Waals surface area contributed by atoms with E-state index in [1.165, 1.54) is 0 Å². The number of guanidine groups is 1. The molecule has 0 aromatic carbocycles. The molecule has 1 heterocycles. The van der Waals surface area contributed by atoms with Crippen molar-refractivity contribution < 1.29 is 9.90 Å². The van der Waals surface area contributed by atoms with Gasteiger partial charge in [0.2, 0.25) is 5.96 Å². The zero-order valence-electron chi connectivity index (χ0n) is 11.7. The van der Waals surface area contributed by atoms with E-state index in [-0.39, 0.29) is 12.4 Å². The molecule has 0 aliphatic heterocycles. The molecule has 0 radical (unpaired) electrons. The summed E-state index contributed by atoms with van der Waals surface area (Å²) in [5.41, 5.74) is 20.3. The van der Waals surface area contributed by atoms with Gasteiger partial charge in [-0.2, -0.15) is 5.10 Å². The van der Waals surface area contributed by atoms with E-state index in [0.717, 1.165) is 5.56 Å². The first-order chi connectivity index (χ1) is 9.88. The summed E-state index contributed by atoms with van der Waals surface area (Å²) in [7, 11) is 0. The summed E-state index contributed by atoms with van der Waals surface area (Å²) in [6.07, 6.45) is 1.77. The van der Waals surface area contributed by atoms with Gasteiger partial charge in [-0.3, -0.25) is 9.78 Å². The van der Waals surface area contributed by atoms with Crippen molar-refractivity contribution in [2.45, 2.75) is 25.9 Å². The molecule has 0 aliphatic rings. The molecule has 0 fully saturated rings. The predicted octanol–water partition coefficient (Wildman–Crippen LogP) is -1.27. The van der Waals surface area contributed by atoms with Gasteiger partial charge >= 0.3 is 5.97 Å². The lowest BCUT2D eigenvalue weighted by Gasteiger charge is -2.06. The van der Waals surface area contributed by atoms with Gasteiger partial charge in [0.25, 0.3) is 0 Å². The molecule has 1 rings (SSSR count). The van der Waals surface area contributed by atoms with E-state index >= 15 is 0 Å². The van der Waals surface area contributed by atoms with Gasteiger partial charge in [0.05, 0.1) is 6.54 Å². The third-order valence-corrected chi connectivity index (χ3v) is 2.41. The number of carboxylic acid groups (broad SMARTS) is 1. The topological polar surface area (TPSA) is 165 Å². The summed E-state index contributed by atoms with van der Waals surface area (Å²) in [6.45, 7) is 1.93. The number of aliphatic carboxylic acids is 1. The maximum Gasteiger partial charge on any atom is 0.320 e. The molecule has 1 atom stereocenters. The van der Waals surface area contributed by atoms with Crippen molar-refractivity contribution in [2.75, 3.05) is 0 Å². The SMILES string of the molecule is C/C(N)=N/NC(N)=NCc1ccc(CC(N)C(=O)O)nc1. The van der Waals surface area contributed by atoms with Crippen LogP contribution in [0.2, 0.25) is 0 Å². The second-order valence-electron chi connectivity index (χ2n) is 4.37. The monoisotopic (exact) mass is 293 g/mol. The molecule has 0 aliphatic carbocycles. The van der Waals surface area contributed by atoms with E-state index in [4.69, 9.17) is 22.3 Å². The number of nitrogens with zero attached hydrogens (tertiary/aromatic N) is 3. The van der Waals surface area contributed by atoms with Gasteiger partial charge in [-0.1, -0.05) is 6.07 Å². The summed E-state index contributed by atoms with van der Waals surface area (Å²) in [4.78, 5) is 18.8. The standard InChI is InChI=1S/C12H19N7O2/c1-7(13)18-19-12(15)17-6-8-2-3-9(16-5-8)4-10(14)11(20)21/h2-3,5,10H,4,6,14H2,1H3,(H2,13,18)(H,20,21)(H3,15,17,19). The molecule has 1 aromatic rings. The van der Waals surface area contributed by atoms with Crippen molar-refractivity contribution in [3.63, 3.8) is 0 Å². The Morgan fingerprint density at radius 2 is 2.19 bits per heavy atom. The van der Waals surface area contributed by atoms with E-state index in [0.29, 0.717) is 18.1 Å². The minimum Gasteiger partial charge on any atom is -0.480 e. The van der Waals surface area contributed by atoms with Gasteiger partial charge in [-0.25, -0.2) is 10.4 Å². The maximum atomic E-state index is 10.6. The Hall–Kier alpha value is -2.68. The molecule has 21 heavy (non-hydrogen) atoms. The van der Waals surface area contributed by atoms with Crippen LogP contribution in [0, 0.1) is 0 Å². The number of hydrazone groups is 1. The first-order valence-electron chi connectivity index (χ1n) is 6.16. The second kappa shape index (κ2) is 7.80. The van der Waals surface area contributed by atoms with Crippen LogP contribution in [0.15, 0.2) is 28.4 Å². The number of aromatic nitrogens is 1. The molecule has 0 spiro atoms. The highest BCUT2D eigenvalue weighted by Crippen LogP contribution is 2.04. The molecule has 8 N–H and O–H groups in total. The van der Waals surface area contributed by atoms with Crippen LogP contribution in [-0.2, 0) is 17.8 Å². The fourth-order valence-electron chi connectivity index (χ4n) is 1.34. The first-order valence-corrected chi connectivity index (χ1v) is 6.16. The molecule has 0 amide bonds. The lowest BCUT2D eigenvalue weighted by molar-refractivity contribution is -0.138. The number of hydrogen-bond acceptors (Lipinski definition) is 5. The molecule has 9 nitrogen and oxygen atoms in total. The van der Waals surface area contributed by atoms with Gasteiger partial charge in [0.15, 0.2) is 0 Å². The van der Waals surface area contributed by atoms with E-state index in [1.807, 2.05) is 0 Å². The highest BCUT2D eigenvalue weighted by Gasteiger charge is 2.12. The number of nitrogens with two attached hydrogens (primary N) is 3. The Bertz CT molecular complexity index is 535. The third kappa shape index (κ3) is 6.34. The lowest BCUT2D eigenvalue weighted by atomic mass is 10.1. The van der Waals surface area contributed by atoms with Crippen LogP contribution in [0.5, 0.6) is 0 Å². The summed E-state index contributed by atoms with van der Waals surface area (Å²) < 4.78 is 0. The quantitative estimate of drug-likeness (QED) is 0.248. The first kappa shape index (κ1) is 16.4. The van der Waals surface area contributed by atoms with Crippen LogP contribution in [0.3, 0.4) is 0 Å². The molecular formula is C12H19N7O2. The minimum atomic E-state index is -1.06. The highest BCUT2D eigenvalue weighted by atomic mass is 16.4. The number of carbonyl (C=O) groups is 1. The summed E-state index contributed by atoms with van der Waals surface area (Å²) >= 11 is 0. The van der Waals surface area contributed by atoms with Gasteiger partial charge in [0.1, 0.15) is 11.9 Å². The number of nitrogens with one attached hydrogen (secondary N) is 1. The number of hydrogen-bond donors (Lipinski definition) is 5. The number of rotatable bonds is 6. The molecule has 0 saturated carbocycles. The number of pyridine rings is 1. The second-order valence-corrected chi connectivity index (χ2v) is 4.37. The average molecular weight is 293 g/mol. The van der Waals surface area contributed by atoms with Gasteiger partial charge < -0.3 is 22.3 Å². The van der Waals surface area contributed by atoms with Crippen molar-refractivity contribution in [3.8, 4) is 0 Å². The summed E-state index contributed by atoms with van der Waals surface area (Å²) in [5.74, 6) is -0.578. The fourth-order valence-corrected chi connectivity index (χ4v) is 1.34. The van der Waals surface area contributed by atoms with E-state index < -0.39 is 12.0 Å². The van der Waals surface area contributed by atoms with Crippen molar-refractivity contribution in [1.29, 1.82) is 0 Å². The van der Waals surface area contributed by atoms with E-state index in [2.05, 4.69) is 20.5 Å². The highest BCUT2D eigenvalue weighted by molar-refractivity contribution is 5.82. The Kier molecular flexibility index (Phi) is 6.08. The van der Waals surface area contributed by atoms with Crippen molar-refractivity contribution in [3.05, 3.63) is 29.6 Å². The largest absolute Gasteiger partial charge is 0.480 e. The number of amidine groups is 1. The molecule has 1 aromatic heterocycles. The van der Waals surface area contributed by atoms with Crippen LogP contribution in [-0.4, -0.2) is 33.9 Å². The molecule has 0 bridgehead atoms. The zero-order chi connectivity index (χ0) is 15.8. The molecule has 114 valence electrons. The summed E-state index contributed by atoms with van der Waals surface area (Å²) in [6, 6.07) is 2.53. The molecular weight excluding hydrogens is 274 g/mol. The molecule has 1 unspecified atom stereocenters. The van der Waals surface area contributed by atoms with Crippen LogP contribution < -0.4 is 22.6 Å². The van der Waals surface area contributed by atoms with Crippen LogP contribution in [0.4, 0.5) is 0 Å². The van der Waals surface area contributed by atoms with Crippen molar-refractivity contribution in [2.24, 2.45) is 27.3 Å². The van der Waals surface area contributed by atoms with Gasteiger partial charge in [-0.15, -0.1) is 0 Å². The average Bonchev–Trinajstić information content (AvgIpc) is 2.44. The summed E-state index contributed by atoms with van der Waals surface area (Å²) in [5, 5.41) is 12.4. The normalized spacial score (nSPS) is 13.8. The zero-order valence-corrected chi connectivity index (χ0v) is 11.7. The van der Waals surface area contributed by atoms with E-state index in [1.54, 1.807) is 25.3 Å². The Balaban J connectivity index is 2.56. The van der Waals surface area contributed by atoms with Gasteiger partial charge in [0, 0.05) is 18.3 Å². The lowest BCUT2D eigenvalue weighted by Crippen LogP contribution is -2.32. The van der Waals surface area contributed by atoms with Gasteiger partial charge in [-0.05, 0) is 18.6 Å². The molecule has 0 saturated heterocycles. The van der Waals surface area contributed by atoms with Crippen LogP contribution >= 0.6 is 0 Å². The van der Waals surface area contributed by atoms with Crippen molar-refractivity contribution in [1.82, 2.24) is 10.4 Å². The Morgan fingerprint density at radius 1 is 1.48 bits per heavy atom. The Morgan fingerprint density at radius 3 is 2.71 bits per heavy atom. The fraction of sp³-hybridized carbons (Fsp3) is 0.333. The minimum absolute atomic E-state index is 0.136. The van der Waals surface area contributed by atoms with Crippen LogP contribution in [0.25, 0.3) is 0 Å². The van der Waals surface area contributed by atoms with E-state index in [9.17, 15) is 4.79 Å². The Labute approximate surface area is 121 Å². The molecule has 9 heteroatoms. The number of carboxylic acids is 1. The predicted molar refractivity (Wildman–Crippen MR) is 79.3 cm³/mol. The third-order valence-electron chi connectivity index (χ3n) is 2.41. The maximum absolute atomic E-state index is 10.6. The number of aliphatic imine (C=N–C) groups is 1. The van der Waals surface area contributed by atoms with Crippen LogP contribution in [0.1, 0.15) is 18.2 Å².